The van der Waals surface area contributed by atoms with E-state index in [1.54, 1.807) is 0 Å². The SMILES string of the molecule is O=C(O)[C@@H]1CN(C(=O)NC(c2ccccc2)C2CCCC2)C[C@H]1C(F)(F)F. The Labute approximate surface area is 155 Å². The van der Waals surface area contributed by atoms with Crippen molar-refractivity contribution in [2.24, 2.45) is 17.8 Å². The number of nitrogens with one attached hydrogen (secondary N) is 1. The first-order valence-electron chi connectivity index (χ1n) is 9.17. The Morgan fingerprint density at radius 1 is 1.11 bits per heavy atom. The number of carbonyl (C=O) groups excluding carboxylic acids is 1. The number of halogens is 3. The van der Waals surface area contributed by atoms with E-state index in [9.17, 15) is 22.8 Å². The van der Waals surface area contributed by atoms with Crippen molar-refractivity contribution in [3.05, 3.63) is 35.9 Å². The van der Waals surface area contributed by atoms with E-state index < -0.39 is 43.1 Å². The number of aliphatic carboxylic acids is 1. The summed E-state index contributed by atoms with van der Waals surface area (Å²) in [6.45, 7) is -1.06. The van der Waals surface area contributed by atoms with Gasteiger partial charge >= 0.3 is 18.2 Å². The van der Waals surface area contributed by atoms with E-state index in [2.05, 4.69) is 5.32 Å². The molecule has 27 heavy (non-hydrogen) atoms. The number of carbonyl (C=O) groups is 2. The molecule has 1 aliphatic carbocycles. The van der Waals surface area contributed by atoms with Gasteiger partial charge in [-0.05, 0) is 24.3 Å². The van der Waals surface area contributed by atoms with Crippen LogP contribution in [0.15, 0.2) is 30.3 Å². The van der Waals surface area contributed by atoms with Crippen molar-refractivity contribution in [3.8, 4) is 0 Å². The predicted molar refractivity (Wildman–Crippen MR) is 91.9 cm³/mol. The zero-order valence-corrected chi connectivity index (χ0v) is 14.8. The predicted octanol–water partition coefficient (Wildman–Crippen LogP) is 3.82. The first kappa shape index (κ1) is 19.5. The summed E-state index contributed by atoms with van der Waals surface area (Å²) in [6, 6.07) is 8.46. The molecule has 5 nitrogen and oxygen atoms in total. The topological polar surface area (TPSA) is 69.6 Å². The zero-order chi connectivity index (χ0) is 19.6. The lowest BCUT2D eigenvalue weighted by molar-refractivity contribution is -0.187. The molecule has 148 valence electrons. The molecule has 3 atom stereocenters. The summed E-state index contributed by atoms with van der Waals surface area (Å²) in [4.78, 5) is 24.9. The first-order chi connectivity index (χ1) is 12.8. The van der Waals surface area contributed by atoms with E-state index >= 15 is 0 Å². The molecule has 1 aromatic rings. The smallest absolute Gasteiger partial charge is 0.394 e. The fourth-order valence-corrected chi connectivity index (χ4v) is 4.20. The van der Waals surface area contributed by atoms with Gasteiger partial charge in [-0.25, -0.2) is 4.79 Å². The quantitative estimate of drug-likeness (QED) is 0.829. The van der Waals surface area contributed by atoms with E-state index in [1.807, 2.05) is 30.3 Å². The van der Waals surface area contributed by atoms with Crippen LogP contribution in [0.2, 0.25) is 0 Å². The largest absolute Gasteiger partial charge is 0.481 e. The second kappa shape index (κ2) is 7.78. The van der Waals surface area contributed by atoms with Crippen LogP contribution < -0.4 is 5.32 Å². The van der Waals surface area contributed by atoms with Gasteiger partial charge in [-0.15, -0.1) is 0 Å². The molecule has 1 saturated carbocycles. The third-order valence-corrected chi connectivity index (χ3v) is 5.65. The molecule has 0 bridgehead atoms. The number of benzene rings is 1. The number of nitrogens with zero attached hydrogens (tertiary/aromatic N) is 1. The number of urea groups is 1. The van der Waals surface area contributed by atoms with E-state index in [-0.39, 0.29) is 12.0 Å². The third-order valence-electron chi connectivity index (χ3n) is 5.65. The Morgan fingerprint density at radius 2 is 1.74 bits per heavy atom. The summed E-state index contributed by atoms with van der Waals surface area (Å²) >= 11 is 0. The Balaban J connectivity index is 1.75. The van der Waals surface area contributed by atoms with Gasteiger partial charge in [0.05, 0.1) is 17.9 Å². The molecule has 8 heteroatoms. The Bertz CT molecular complexity index is 675. The maximum Gasteiger partial charge on any atom is 0.394 e. The molecule has 2 fully saturated rings. The summed E-state index contributed by atoms with van der Waals surface area (Å²) in [6.07, 6.45) is -0.635. The van der Waals surface area contributed by atoms with E-state index in [0.717, 1.165) is 36.1 Å². The average molecular weight is 384 g/mol. The summed E-state index contributed by atoms with van der Waals surface area (Å²) in [5.74, 6) is -4.96. The second-order valence-electron chi connectivity index (χ2n) is 7.38. The Hall–Kier alpha value is -2.25. The molecule has 2 N–H and O–H groups in total. The minimum Gasteiger partial charge on any atom is -0.481 e. The summed E-state index contributed by atoms with van der Waals surface area (Å²) in [5, 5.41) is 12.0. The molecule has 1 heterocycles. The monoisotopic (exact) mass is 384 g/mol. The number of rotatable bonds is 4. The molecule has 0 aromatic heterocycles. The van der Waals surface area contributed by atoms with Crippen LogP contribution in [0.1, 0.15) is 37.3 Å². The lowest BCUT2D eigenvalue weighted by Crippen LogP contribution is -2.43. The number of alkyl halides is 3. The molecule has 0 radical (unpaired) electrons. The molecule has 0 spiro atoms. The van der Waals surface area contributed by atoms with Gasteiger partial charge < -0.3 is 15.3 Å². The van der Waals surface area contributed by atoms with E-state index in [1.165, 1.54) is 0 Å². The molecule has 2 aliphatic rings. The summed E-state index contributed by atoms with van der Waals surface area (Å²) < 4.78 is 39.5. The summed E-state index contributed by atoms with van der Waals surface area (Å²) in [5.41, 5.74) is 0.916. The zero-order valence-electron chi connectivity index (χ0n) is 14.8. The standard InChI is InChI=1S/C19H23F3N2O3/c20-19(21,22)15-11-24(10-14(15)17(25)26)18(27)23-16(13-8-4-5-9-13)12-6-2-1-3-7-12/h1-3,6-7,13-16H,4-5,8-11H2,(H,23,27)(H,25,26)/t14-,15-,16?/m1/s1. The van der Waals surface area contributed by atoms with Crippen LogP contribution in [-0.4, -0.2) is 41.3 Å². The van der Waals surface area contributed by atoms with Crippen molar-refractivity contribution in [2.75, 3.05) is 13.1 Å². The average Bonchev–Trinajstić information content (AvgIpc) is 3.29. The molecule has 1 aromatic carbocycles. The molecule has 2 amide bonds. The molecule has 1 aliphatic heterocycles. The second-order valence-corrected chi connectivity index (χ2v) is 7.38. The van der Waals surface area contributed by atoms with Crippen LogP contribution in [0.25, 0.3) is 0 Å². The fourth-order valence-electron chi connectivity index (χ4n) is 4.20. The number of carboxylic acid groups (broad SMARTS) is 1. The van der Waals surface area contributed by atoms with Gasteiger partial charge in [-0.1, -0.05) is 43.2 Å². The van der Waals surface area contributed by atoms with Crippen molar-refractivity contribution in [1.29, 1.82) is 0 Å². The van der Waals surface area contributed by atoms with Crippen LogP contribution in [0, 0.1) is 17.8 Å². The molecular weight excluding hydrogens is 361 g/mol. The molecule has 1 saturated heterocycles. The molecular formula is C19H23F3N2O3. The highest BCUT2D eigenvalue weighted by Gasteiger charge is 2.53. The highest BCUT2D eigenvalue weighted by Crippen LogP contribution is 2.39. The van der Waals surface area contributed by atoms with Crippen molar-refractivity contribution in [3.63, 3.8) is 0 Å². The minimum absolute atomic E-state index is 0.229. The van der Waals surface area contributed by atoms with Crippen LogP contribution in [-0.2, 0) is 4.79 Å². The maximum absolute atomic E-state index is 13.2. The normalized spacial score (nSPS) is 24.8. The van der Waals surface area contributed by atoms with Crippen LogP contribution in [0.5, 0.6) is 0 Å². The van der Waals surface area contributed by atoms with Crippen molar-refractivity contribution < 1.29 is 27.9 Å². The maximum atomic E-state index is 13.2. The van der Waals surface area contributed by atoms with Crippen LogP contribution in [0.4, 0.5) is 18.0 Å². The number of amides is 2. The van der Waals surface area contributed by atoms with E-state index in [0.29, 0.717) is 0 Å². The first-order valence-corrected chi connectivity index (χ1v) is 9.17. The number of hydrogen-bond acceptors (Lipinski definition) is 2. The van der Waals surface area contributed by atoms with Gasteiger partial charge in [0.25, 0.3) is 0 Å². The van der Waals surface area contributed by atoms with Gasteiger partial charge in [-0.3, -0.25) is 4.79 Å². The van der Waals surface area contributed by atoms with Gasteiger partial charge in [0.15, 0.2) is 0 Å². The lowest BCUT2D eigenvalue weighted by Gasteiger charge is -2.28. The van der Waals surface area contributed by atoms with Crippen molar-refractivity contribution in [2.45, 2.75) is 37.9 Å². The van der Waals surface area contributed by atoms with E-state index in [4.69, 9.17) is 5.11 Å². The third kappa shape index (κ3) is 4.36. The number of likely N-dealkylation sites (tertiary alicyclic amines) is 1. The Morgan fingerprint density at radius 3 is 2.26 bits per heavy atom. The fraction of sp³-hybridized carbons (Fsp3) is 0.579. The molecule has 1 unspecified atom stereocenters. The summed E-state index contributed by atoms with van der Waals surface area (Å²) in [7, 11) is 0. The van der Waals surface area contributed by atoms with Gasteiger partial charge in [0, 0.05) is 13.1 Å². The minimum atomic E-state index is -4.65. The van der Waals surface area contributed by atoms with Crippen LogP contribution in [0.3, 0.4) is 0 Å². The van der Waals surface area contributed by atoms with Gasteiger partial charge in [0.1, 0.15) is 0 Å². The van der Waals surface area contributed by atoms with Crippen LogP contribution >= 0.6 is 0 Å². The Kier molecular flexibility index (Phi) is 5.62. The van der Waals surface area contributed by atoms with Gasteiger partial charge in [-0.2, -0.15) is 13.2 Å². The number of carboxylic acids is 1. The molecule has 3 rings (SSSR count). The highest BCUT2D eigenvalue weighted by atomic mass is 19.4. The van der Waals surface area contributed by atoms with Crippen molar-refractivity contribution >= 4 is 12.0 Å². The van der Waals surface area contributed by atoms with Gasteiger partial charge in [0.2, 0.25) is 0 Å². The lowest BCUT2D eigenvalue weighted by atomic mass is 9.92. The van der Waals surface area contributed by atoms with Crippen molar-refractivity contribution in [1.82, 2.24) is 10.2 Å². The number of hydrogen-bond donors (Lipinski definition) is 2. The highest BCUT2D eigenvalue weighted by molar-refractivity contribution is 5.78.